The fraction of sp³-hybridized carbons (Fsp3) is 0.882. The van der Waals surface area contributed by atoms with Crippen LogP contribution in [0.2, 0.25) is 0 Å². The molecule has 130 valence electrons. The Bertz CT molecular complexity index is 505. The van der Waals surface area contributed by atoms with Crippen molar-refractivity contribution >= 4 is 12.3 Å². The quantitative estimate of drug-likeness (QED) is 0.477. The van der Waals surface area contributed by atoms with Gasteiger partial charge >= 0.3 is 5.97 Å². The van der Waals surface area contributed by atoms with Gasteiger partial charge in [-0.2, -0.15) is 0 Å². The average Bonchev–Trinajstić information content (AvgIpc) is 3.31. The molecular weight excluding hydrogens is 300 g/mol. The lowest BCUT2D eigenvalue weighted by molar-refractivity contribution is -0.156. The van der Waals surface area contributed by atoms with E-state index in [1.54, 1.807) is 0 Å². The summed E-state index contributed by atoms with van der Waals surface area (Å²) in [4.78, 5) is 23.1. The maximum atomic E-state index is 11.6. The molecule has 0 spiro atoms. The highest BCUT2D eigenvalue weighted by Crippen LogP contribution is 2.52. The van der Waals surface area contributed by atoms with E-state index in [2.05, 4.69) is 0 Å². The van der Waals surface area contributed by atoms with Gasteiger partial charge in [0.1, 0.15) is 12.2 Å². The van der Waals surface area contributed by atoms with Crippen molar-refractivity contribution in [3.05, 3.63) is 0 Å². The first-order valence-corrected chi connectivity index (χ1v) is 8.40. The van der Waals surface area contributed by atoms with Crippen LogP contribution in [0.1, 0.15) is 47.0 Å². The summed E-state index contributed by atoms with van der Waals surface area (Å²) in [6.45, 7) is 7.29. The molecule has 2 saturated heterocycles. The number of hydrogen-bond acceptors (Lipinski definition) is 6. The Morgan fingerprint density at radius 2 is 2.09 bits per heavy atom. The third-order valence-corrected chi connectivity index (χ3v) is 5.63. The van der Waals surface area contributed by atoms with Gasteiger partial charge in [-0.15, -0.1) is 0 Å². The van der Waals surface area contributed by atoms with Gasteiger partial charge in [0.15, 0.2) is 11.9 Å². The third-order valence-electron chi connectivity index (χ3n) is 5.63. The lowest BCUT2D eigenvalue weighted by atomic mass is 9.76. The van der Waals surface area contributed by atoms with Gasteiger partial charge in [0.25, 0.3) is 0 Å². The molecule has 0 aromatic rings. The van der Waals surface area contributed by atoms with Crippen LogP contribution in [0.5, 0.6) is 0 Å². The summed E-state index contributed by atoms with van der Waals surface area (Å²) < 4.78 is 17.0. The number of carbonyl (C=O) groups excluding carboxylic acids is 2. The lowest BCUT2D eigenvalue weighted by Crippen LogP contribution is -2.45. The minimum absolute atomic E-state index is 0.0723. The Kier molecular flexibility index (Phi) is 4.06. The van der Waals surface area contributed by atoms with Crippen molar-refractivity contribution in [1.29, 1.82) is 0 Å². The Hall–Kier alpha value is -0.980. The molecular formula is C17H26O6. The highest BCUT2D eigenvalue weighted by atomic mass is 16.6. The smallest absolute Gasteiger partial charge is 0.302 e. The number of rotatable bonds is 3. The molecule has 0 aromatic carbocycles. The Morgan fingerprint density at radius 3 is 2.65 bits per heavy atom. The lowest BCUT2D eigenvalue weighted by Gasteiger charge is -2.34. The zero-order valence-electron chi connectivity index (χ0n) is 14.2. The zero-order valence-corrected chi connectivity index (χ0v) is 14.2. The minimum atomic E-state index is -0.884. The number of aliphatic hydroxyl groups is 1. The molecule has 3 aliphatic rings. The second-order valence-corrected chi connectivity index (χ2v) is 7.73. The predicted molar refractivity (Wildman–Crippen MR) is 80.7 cm³/mol. The van der Waals surface area contributed by atoms with E-state index in [4.69, 9.17) is 14.2 Å². The maximum absolute atomic E-state index is 11.6. The fourth-order valence-electron chi connectivity index (χ4n) is 4.20. The van der Waals surface area contributed by atoms with E-state index in [0.717, 1.165) is 12.7 Å². The van der Waals surface area contributed by atoms with Crippen LogP contribution < -0.4 is 0 Å². The largest absolute Gasteiger partial charge is 0.462 e. The van der Waals surface area contributed by atoms with Gasteiger partial charge in [0, 0.05) is 19.3 Å². The average molecular weight is 326 g/mol. The predicted octanol–water partition coefficient (Wildman–Crippen LogP) is 1.23. The standard InChI is InChI=1S/C17H26O6/c1-9(2)13-11(21-10(3)19)7-17(8-18)12(22-17)5-6-16(4)15(23-16)14(13)20/h8-9,11-15,20H,5-7H2,1-4H3/t11-,12-,13+,14+,15+,16-,17+/m1/s1. The molecule has 1 saturated carbocycles. The second-order valence-electron chi connectivity index (χ2n) is 7.73. The summed E-state index contributed by atoms with van der Waals surface area (Å²) in [5, 5.41) is 10.8. The molecule has 1 N–H and O–H groups in total. The molecule has 0 unspecified atom stereocenters. The summed E-state index contributed by atoms with van der Waals surface area (Å²) in [6, 6.07) is 0. The van der Waals surface area contributed by atoms with Crippen LogP contribution in [0.3, 0.4) is 0 Å². The Labute approximate surface area is 136 Å². The molecule has 0 radical (unpaired) electrons. The van der Waals surface area contributed by atoms with Gasteiger partial charge in [0.05, 0.1) is 17.8 Å². The van der Waals surface area contributed by atoms with Crippen LogP contribution in [-0.4, -0.2) is 53.0 Å². The Balaban J connectivity index is 1.92. The first kappa shape index (κ1) is 16.9. The van der Waals surface area contributed by atoms with E-state index >= 15 is 0 Å². The number of esters is 1. The Morgan fingerprint density at radius 1 is 1.39 bits per heavy atom. The van der Waals surface area contributed by atoms with E-state index in [1.165, 1.54) is 6.92 Å². The molecule has 2 aliphatic heterocycles. The van der Waals surface area contributed by atoms with E-state index in [0.29, 0.717) is 12.8 Å². The molecule has 3 fully saturated rings. The molecule has 23 heavy (non-hydrogen) atoms. The van der Waals surface area contributed by atoms with E-state index < -0.39 is 23.8 Å². The van der Waals surface area contributed by atoms with Crippen LogP contribution in [0.4, 0.5) is 0 Å². The number of aldehydes is 1. The molecule has 0 bridgehead atoms. The van der Waals surface area contributed by atoms with Crippen molar-refractivity contribution in [3.8, 4) is 0 Å². The van der Waals surface area contributed by atoms with Crippen molar-refractivity contribution in [1.82, 2.24) is 0 Å². The van der Waals surface area contributed by atoms with Crippen molar-refractivity contribution in [2.24, 2.45) is 11.8 Å². The number of hydrogen-bond donors (Lipinski definition) is 1. The number of fused-ring (bicyclic) bond motifs is 2. The first-order valence-electron chi connectivity index (χ1n) is 8.40. The normalized spacial score (nSPS) is 48.9. The number of carbonyl (C=O) groups is 2. The topological polar surface area (TPSA) is 88.7 Å². The molecule has 6 heteroatoms. The number of aliphatic hydroxyl groups excluding tert-OH is 1. The van der Waals surface area contributed by atoms with Gasteiger partial charge in [0.2, 0.25) is 0 Å². The first-order chi connectivity index (χ1) is 10.7. The molecule has 2 heterocycles. The van der Waals surface area contributed by atoms with Gasteiger partial charge in [-0.25, -0.2) is 0 Å². The molecule has 1 aliphatic carbocycles. The van der Waals surface area contributed by atoms with Crippen molar-refractivity contribution in [3.63, 3.8) is 0 Å². The van der Waals surface area contributed by atoms with Crippen LogP contribution in [0, 0.1) is 11.8 Å². The molecule has 0 amide bonds. The fourth-order valence-corrected chi connectivity index (χ4v) is 4.20. The highest BCUT2D eigenvalue weighted by molar-refractivity contribution is 5.69. The van der Waals surface area contributed by atoms with Gasteiger partial charge in [-0.3, -0.25) is 4.79 Å². The van der Waals surface area contributed by atoms with Crippen LogP contribution >= 0.6 is 0 Å². The van der Waals surface area contributed by atoms with Gasteiger partial charge < -0.3 is 24.1 Å². The second kappa shape index (κ2) is 5.53. The zero-order chi connectivity index (χ0) is 17.0. The SMILES string of the molecule is CC(=O)O[C@@H]1C[C@@]2(C=O)O[C@@H]2CC[C@@]2(C)O[C@H]2[C@@H](O)[C@H]1C(C)C. The summed E-state index contributed by atoms with van der Waals surface area (Å²) >= 11 is 0. The summed E-state index contributed by atoms with van der Waals surface area (Å²) in [5.41, 5.74) is -1.27. The summed E-state index contributed by atoms with van der Waals surface area (Å²) in [7, 11) is 0. The van der Waals surface area contributed by atoms with Crippen molar-refractivity contribution in [2.75, 3.05) is 0 Å². The van der Waals surface area contributed by atoms with E-state index in [9.17, 15) is 14.7 Å². The van der Waals surface area contributed by atoms with E-state index in [1.807, 2.05) is 20.8 Å². The van der Waals surface area contributed by atoms with Crippen molar-refractivity contribution in [2.45, 2.75) is 82.6 Å². The van der Waals surface area contributed by atoms with E-state index in [-0.39, 0.29) is 29.6 Å². The highest BCUT2D eigenvalue weighted by Gasteiger charge is 2.65. The summed E-state index contributed by atoms with van der Waals surface area (Å²) in [6.07, 6.45) is 0.873. The van der Waals surface area contributed by atoms with Gasteiger partial charge in [-0.1, -0.05) is 13.8 Å². The van der Waals surface area contributed by atoms with Crippen LogP contribution in [0.25, 0.3) is 0 Å². The van der Waals surface area contributed by atoms with Gasteiger partial charge in [-0.05, 0) is 25.7 Å². The van der Waals surface area contributed by atoms with Crippen LogP contribution in [0.15, 0.2) is 0 Å². The van der Waals surface area contributed by atoms with Crippen molar-refractivity contribution < 1.29 is 28.9 Å². The number of epoxide rings is 2. The van der Waals surface area contributed by atoms with Crippen LogP contribution in [-0.2, 0) is 23.8 Å². The summed E-state index contributed by atoms with van der Waals surface area (Å²) in [5.74, 6) is -0.642. The monoisotopic (exact) mass is 326 g/mol. The molecule has 6 nitrogen and oxygen atoms in total. The third kappa shape index (κ3) is 2.92. The molecule has 7 atom stereocenters. The number of ether oxygens (including phenoxy) is 3. The molecule has 0 aromatic heterocycles. The maximum Gasteiger partial charge on any atom is 0.302 e. The molecule has 3 rings (SSSR count). The minimum Gasteiger partial charge on any atom is -0.462 e.